The van der Waals surface area contributed by atoms with Crippen LogP contribution < -0.4 is 9.64 Å². The van der Waals surface area contributed by atoms with Gasteiger partial charge in [-0.15, -0.1) is 0 Å². The molecular weight excluding hydrogens is 328 g/mol. The molecule has 8 heteroatoms. The van der Waals surface area contributed by atoms with Crippen LogP contribution in [0, 0.1) is 5.92 Å². The lowest BCUT2D eigenvalue weighted by molar-refractivity contribution is -0.160. The van der Waals surface area contributed by atoms with Crippen molar-refractivity contribution in [3.05, 3.63) is 24.3 Å². The number of nitrogens with zero attached hydrogens (tertiary/aromatic N) is 2. The van der Waals surface area contributed by atoms with Gasteiger partial charge in [0.25, 0.3) is 0 Å². The van der Waals surface area contributed by atoms with Gasteiger partial charge in [0.1, 0.15) is 5.75 Å². The summed E-state index contributed by atoms with van der Waals surface area (Å²) in [6.45, 7) is 0.835. The minimum Gasteiger partial charge on any atom is -0.497 e. The van der Waals surface area contributed by atoms with Crippen molar-refractivity contribution in [1.82, 2.24) is 4.90 Å². The molecule has 2 fully saturated rings. The average Bonchev–Trinajstić information content (AvgIpc) is 3.03. The Morgan fingerprint density at radius 3 is 2.60 bits per heavy atom. The molecule has 2 amide bonds. The fourth-order valence-corrected chi connectivity index (χ4v) is 3.14. The first kappa shape index (κ1) is 17.2. The predicted molar refractivity (Wildman–Crippen MR) is 87.4 cm³/mol. The van der Waals surface area contributed by atoms with Crippen LogP contribution in [0.25, 0.3) is 0 Å². The number of morpholine rings is 1. The normalized spacial score (nSPS) is 23.6. The largest absolute Gasteiger partial charge is 0.497 e. The van der Waals surface area contributed by atoms with E-state index in [2.05, 4.69) is 0 Å². The number of amides is 2. The second kappa shape index (κ2) is 7.10. The Hall–Kier alpha value is -2.61. The molecule has 2 heterocycles. The van der Waals surface area contributed by atoms with Crippen molar-refractivity contribution >= 4 is 23.5 Å². The van der Waals surface area contributed by atoms with Crippen molar-refractivity contribution in [3.63, 3.8) is 0 Å². The number of ether oxygens (including phenoxy) is 2. The molecule has 1 aromatic carbocycles. The van der Waals surface area contributed by atoms with Crippen molar-refractivity contribution < 1.29 is 29.0 Å². The number of carbonyl (C=O) groups excluding carboxylic acids is 2. The van der Waals surface area contributed by atoms with Crippen LogP contribution in [-0.4, -0.2) is 67.2 Å². The summed E-state index contributed by atoms with van der Waals surface area (Å²) in [5.74, 6) is -1.18. The predicted octanol–water partition coefficient (Wildman–Crippen LogP) is 0.360. The third-order valence-corrected chi connectivity index (χ3v) is 4.51. The second-order valence-electron chi connectivity index (χ2n) is 6.09. The van der Waals surface area contributed by atoms with Crippen LogP contribution >= 0.6 is 0 Å². The number of carboxylic acids is 1. The Morgan fingerprint density at radius 2 is 1.96 bits per heavy atom. The molecule has 0 aliphatic carbocycles. The van der Waals surface area contributed by atoms with Gasteiger partial charge in [-0.3, -0.25) is 9.59 Å². The van der Waals surface area contributed by atoms with Crippen molar-refractivity contribution in [2.45, 2.75) is 12.5 Å². The quantitative estimate of drug-likeness (QED) is 0.844. The van der Waals surface area contributed by atoms with Crippen molar-refractivity contribution in [2.24, 2.45) is 5.92 Å². The molecule has 3 rings (SSSR count). The lowest BCUT2D eigenvalue weighted by Crippen LogP contribution is -2.50. The highest BCUT2D eigenvalue weighted by Gasteiger charge is 2.39. The molecule has 0 saturated carbocycles. The van der Waals surface area contributed by atoms with Crippen LogP contribution in [0.5, 0.6) is 5.75 Å². The van der Waals surface area contributed by atoms with E-state index >= 15 is 0 Å². The number of aliphatic carboxylic acids is 1. The first-order chi connectivity index (χ1) is 12.0. The van der Waals surface area contributed by atoms with Gasteiger partial charge in [-0.1, -0.05) is 0 Å². The summed E-state index contributed by atoms with van der Waals surface area (Å²) in [4.78, 5) is 39.1. The number of hydrogen-bond donors (Lipinski definition) is 1. The molecule has 1 aromatic rings. The molecule has 1 N–H and O–H groups in total. The number of carbonyl (C=O) groups is 3. The van der Waals surface area contributed by atoms with Crippen LogP contribution in [0.1, 0.15) is 6.42 Å². The average molecular weight is 348 g/mol. The molecule has 2 atom stereocenters. The monoisotopic (exact) mass is 348 g/mol. The third kappa shape index (κ3) is 3.58. The van der Waals surface area contributed by atoms with E-state index in [1.807, 2.05) is 0 Å². The summed E-state index contributed by atoms with van der Waals surface area (Å²) in [6, 6.07) is 7.08. The zero-order chi connectivity index (χ0) is 18.0. The first-order valence-corrected chi connectivity index (χ1v) is 8.07. The second-order valence-corrected chi connectivity index (χ2v) is 6.09. The highest BCUT2D eigenvalue weighted by Crippen LogP contribution is 2.28. The minimum atomic E-state index is -1.08. The van der Waals surface area contributed by atoms with Crippen LogP contribution in [0.2, 0.25) is 0 Å². The molecule has 0 aromatic heterocycles. The molecule has 0 bridgehead atoms. The number of rotatable bonds is 4. The molecule has 0 unspecified atom stereocenters. The van der Waals surface area contributed by atoms with Gasteiger partial charge in [-0.05, 0) is 24.3 Å². The SMILES string of the molecule is COc1ccc(N2C[C@H](C(=O)N3CCO[C@H](C(=O)O)C3)CC2=O)cc1. The maximum absolute atomic E-state index is 12.7. The van der Waals surface area contributed by atoms with Gasteiger partial charge in [0.2, 0.25) is 11.8 Å². The number of benzene rings is 1. The zero-order valence-corrected chi connectivity index (χ0v) is 13.9. The smallest absolute Gasteiger partial charge is 0.334 e. The van der Waals surface area contributed by atoms with E-state index in [0.717, 1.165) is 0 Å². The van der Waals surface area contributed by atoms with Crippen molar-refractivity contribution in [3.8, 4) is 5.75 Å². The van der Waals surface area contributed by atoms with Gasteiger partial charge >= 0.3 is 5.97 Å². The van der Waals surface area contributed by atoms with E-state index in [1.165, 1.54) is 4.90 Å². The van der Waals surface area contributed by atoms with Gasteiger partial charge in [-0.25, -0.2) is 4.79 Å². The van der Waals surface area contributed by atoms with Crippen molar-refractivity contribution in [1.29, 1.82) is 0 Å². The first-order valence-electron chi connectivity index (χ1n) is 8.07. The highest BCUT2D eigenvalue weighted by molar-refractivity contribution is 6.00. The molecule has 0 spiro atoms. The summed E-state index contributed by atoms with van der Waals surface area (Å²) < 4.78 is 10.2. The van der Waals surface area contributed by atoms with Crippen LogP contribution in [0.3, 0.4) is 0 Å². The van der Waals surface area contributed by atoms with Gasteiger partial charge in [0.05, 0.1) is 26.2 Å². The fraction of sp³-hybridized carbons (Fsp3) is 0.471. The molecule has 8 nitrogen and oxygen atoms in total. The van der Waals surface area contributed by atoms with E-state index in [9.17, 15) is 14.4 Å². The molecule has 25 heavy (non-hydrogen) atoms. The molecule has 2 saturated heterocycles. The van der Waals surface area contributed by atoms with Gasteiger partial charge in [-0.2, -0.15) is 0 Å². The molecule has 0 radical (unpaired) electrons. The van der Waals surface area contributed by atoms with E-state index < -0.39 is 18.0 Å². The number of methoxy groups -OCH3 is 1. The van der Waals surface area contributed by atoms with Crippen LogP contribution in [-0.2, 0) is 19.1 Å². The lowest BCUT2D eigenvalue weighted by Gasteiger charge is -2.32. The van der Waals surface area contributed by atoms with Crippen molar-refractivity contribution in [2.75, 3.05) is 38.3 Å². The Morgan fingerprint density at radius 1 is 1.24 bits per heavy atom. The maximum atomic E-state index is 12.7. The Kier molecular flexibility index (Phi) is 4.89. The van der Waals surface area contributed by atoms with Crippen LogP contribution in [0.15, 0.2) is 24.3 Å². The Labute approximate surface area is 144 Å². The standard InChI is InChI=1S/C17H20N2O6/c1-24-13-4-2-12(3-5-13)19-9-11(8-15(19)20)16(21)18-6-7-25-14(10-18)17(22)23/h2-5,11,14H,6-10H2,1H3,(H,22,23)/t11-,14+/m1/s1. The fourth-order valence-electron chi connectivity index (χ4n) is 3.14. The minimum absolute atomic E-state index is 0.0153. The summed E-state index contributed by atoms with van der Waals surface area (Å²) in [7, 11) is 1.57. The molecule has 2 aliphatic heterocycles. The number of hydrogen-bond acceptors (Lipinski definition) is 5. The van der Waals surface area contributed by atoms with E-state index in [1.54, 1.807) is 36.3 Å². The number of carboxylic acid groups (broad SMARTS) is 1. The summed E-state index contributed by atoms with van der Waals surface area (Å²) in [5.41, 5.74) is 0.714. The van der Waals surface area contributed by atoms with Gasteiger partial charge < -0.3 is 24.4 Å². The number of anilines is 1. The van der Waals surface area contributed by atoms with Gasteiger partial charge in [0.15, 0.2) is 6.10 Å². The third-order valence-electron chi connectivity index (χ3n) is 4.51. The van der Waals surface area contributed by atoms with E-state index in [0.29, 0.717) is 24.5 Å². The molecule has 2 aliphatic rings. The maximum Gasteiger partial charge on any atom is 0.334 e. The van der Waals surface area contributed by atoms with E-state index in [4.69, 9.17) is 14.6 Å². The topological polar surface area (TPSA) is 96.4 Å². The highest BCUT2D eigenvalue weighted by atomic mass is 16.5. The van der Waals surface area contributed by atoms with E-state index in [-0.39, 0.29) is 31.4 Å². The Bertz CT molecular complexity index is 674. The Balaban J connectivity index is 1.66. The molecule has 134 valence electrons. The van der Waals surface area contributed by atoms with Crippen LogP contribution in [0.4, 0.5) is 5.69 Å². The lowest BCUT2D eigenvalue weighted by atomic mass is 10.1. The summed E-state index contributed by atoms with van der Waals surface area (Å²) >= 11 is 0. The zero-order valence-electron chi connectivity index (χ0n) is 13.9. The van der Waals surface area contributed by atoms with Gasteiger partial charge in [0, 0.05) is 25.2 Å². The summed E-state index contributed by atoms with van der Waals surface area (Å²) in [5, 5.41) is 9.04. The molecular formula is C17H20N2O6. The summed E-state index contributed by atoms with van der Waals surface area (Å²) in [6.07, 6.45) is -0.882.